The predicted octanol–water partition coefficient (Wildman–Crippen LogP) is 1.42. The summed E-state index contributed by atoms with van der Waals surface area (Å²) in [6.45, 7) is 2.33. The van der Waals surface area contributed by atoms with Gasteiger partial charge in [-0.1, -0.05) is 19.8 Å². The van der Waals surface area contributed by atoms with Gasteiger partial charge in [0.2, 0.25) is 0 Å². The zero-order chi connectivity index (χ0) is 7.40. The highest BCUT2D eigenvalue weighted by Crippen LogP contribution is 2.21. The standard InChI is InChI=1S/C8H18N2/c1-7-3-2-4-8(10-9)6-5-7/h7-8,10H,2-6,9H2,1H3. The Kier molecular flexibility index (Phi) is 3.16. The molecule has 0 aliphatic heterocycles. The van der Waals surface area contributed by atoms with E-state index in [4.69, 9.17) is 5.84 Å². The summed E-state index contributed by atoms with van der Waals surface area (Å²) in [6.07, 6.45) is 6.60. The second-order valence-corrected chi connectivity index (χ2v) is 3.48. The zero-order valence-corrected chi connectivity index (χ0v) is 6.77. The molecule has 0 amide bonds. The highest BCUT2D eigenvalue weighted by atomic mass is 15.2. The van der Waals surface area contributed by atoms with Crippen molar-refractivity contribution in [3.8, 4) is 0 Å². The Morgan fingerprint density at radius 3 is 2.70 bits per heavy atom. The topological polar surface area (TPSA) is 38.0 Å². The fourth-order valence-electron chi connectivity index (χ4n) is 1.65. The number of hydrogen-bond donors (Lipinski definition) is 2. The molecule has 1 aliphatic carbocycles. The van der Waals surface area contributed by atoms with E-state index >= 15 is 0 Å². The first-order valence-electron chi connectivity index (χ1n) is 4.29. The molecular formula is C8H18N2. The van der Waals surface area contributed by atoms with Crippen LogP contribution in [0.3, 0.4) is 0 Å². The molecule has 0 aromatic carbocycles. The van der Waals surface area contributed by atoms with E-state index in [1.54, 1.807) is 0 Å². The summed E-state index contributed by atoms with van der Waals surface area (Å²) in [5, 5.41) is 0. The second kappa shape index (κ2) is 3.94. The van der Waals surface area contributed by atoms with Crippen molar-refractivity contribution in [1.29, 1.82) is 0 Å². The Hall–Kier alpha value is -0.0800. The average molecular weight is 142 g/mol. The number of nitrogens with one attached hydrogen (secondary N) is 1. The highest BCUT2D eigenvalue weighted by Gasteiger charge is 2.13. The molecule has 2 nitrogen and oxygen atoms in total. The van der Waals surface area contributed by atoms with Crippen molar-refractivity contribution >= 4 is 0 Å². The van der Waals surface area contributed by atoms with Crippen LogP contribution in [0.2, 0.25) is 0 Å². The van der Waals surface area contributed by atoms with E-state index in [0.717, 1.165) is 5.92 Å². The van der Waals surface area contributed by atoms with Gasteiger partial charge in [0.15, 0.2) is 0 Å². The molecular weight excluding hydrogens is 124 g/mol. The molecule has 2 heteroatoms. The lowest BCUT2D eigenvalue weighted by Crippen LogP contribution is -2.34. The van der Waals surface area contributed by atoms with E-state index in [2.05, 4.69) is 12.3 Å². The van der Waals surface area contributed by atoms with E-state index in [1.807, 2.05) is 0 Å². The Morgan fingerprint density at radius 2 is 2.00 bits per heavy atom. The summed E-state index contributed by atoms with van der Waals surface area (Å²) in [7, 11) is 0. The highest BCUT2D eigenvalue weighted by molar-refractivity contribution is 4.70. The van der Waals surface area contributed by atoms with Crippen LogP contribution >= 0.6 is 0 Å². The molecule has 1 aliphatic rings. The van der Waals surface area contributed by atoms with Gasteiger partial charge in [0, 0.05) is 6.04 Å². The van der Waals surface area contributed by atoms with Crippen LogP contribution in [0.1, 0.15) is 39.0 Å². The summed E-state index contributed by atoms with van der Waals surface area (Å²) in [4.78, 5) is 0. The van der Waals surface area contributed by atoms with Crippen LogP contribution in [0.5, 0.6) is 0 Å². The van der Waals surface area contributed by atoms with Gasteiger partial charge < -0.3 is 0 Å². The maximum Gasteiger partial charge on any atom is 0.0210 e. The summed E-state index contributed by atoms with van der Waals surface area (Å²) in [6, 6.07) is 0.588. The maximum atomic E-state index is 5.37. The van der Waals surface area contributed by atoms with E-state index in [0.29, 0.717) is 6.04 Å². The van der Waals surface area contributed by atoms with Crippen LogP contribution in [0.25, 0.3) is 0 Å². The minimum absolute atomic E-state index is 0.588. The van der Waals surface area contributed by atoms with Gasteiger partial charge in [0.1, 0.15) is 0 Å². The number of hydrazine groups is 1. The molecule has 60 valence electrons. The Morgan fingerprint density at radius 1 is 1.20 bits per heavy atom. The Balaban J connectivity index is 2.26. The molecule has 0 spiro atoms. The maximum absolute atomic E-state index is 5.37. The average Bonchev–Trinajstić information content (AvgIpc) is 2.14. The number of nitrogens with two attached hydrogens (primary N) is 1. The van der Waals surface area contributed by atoms with Crippen LogP contribution in [-0.2, 0) is 0 Å². The van der Waals surface area contributed by atoms with Crippen molar-refractivity contribution in [2.45, 2.75) is 45.1 Å². The smallest absolute Gasteiger partial charge is 0.0210 e. The molecule has 2 atom stereocenters. The third kappa shape index (κ3) is 2.27. The fraction of sp³-hybridized carbons (Fsp3) is 1.00. The van der Waals surface area contributed by atoms with Gasteiger partial charge in [0.25, 0.3) is 0 Å². The molecule has 1 rings (SSSR count). The third-order valence-electron chi connectivity index (χ3n) is 2.49. The monoisotopic (exact) mass is 142 g/mol. The van der Waals surface area contributed by atoms with Gasteiger partial charge in [-0.3, -0.25) is 11.3 Å². The lowest BCUT2D eigenvalue weighted by Gasteiger charge is -2.11. The third-order valence-corrected chi connectivity index (χ3v) is 2.49. The largest absolute Gasteiger partial charge is 0.271 e. The number of hydrogen-bond acceptors (Lipinski definition) is 2. The van der Waals surface area contributed by atoms with Crippen molar-refractivity contribution in [3.05, 3.63) is 0 Å². The van der Waals surface area contributed by atoms with Crippen LogP contribution < -0.4 is 11.3 Å². The molecule has 0 aromatic rings. The first-order valence-corrected chi connectivity index (χ1v) is 4.29. The van der Waals surface area contributed by atoms with Crippen molar-refractivity contribution in [2.75, 3.05) is 0 Å². The van der Waals surface area contributed by atoms with Crippen molar-refractivity contribution in [1.82, 2.24) is 5.43 Å². The van der Waals surface area contributed by atoms with E-state index in [9.17, 15) is 0 Å². The predicted molar refractivity (Wildman–Crippen MR) is 43.4 cm³/mol. The molecule has 0 saturated heterocycles. The van der Waals surface area contributed by atoms with Gasteiger partial charge in [0.05, 0.1) is 0 Å². The van der Waals surface area contributed by atoms with E-state index in [1.165, 1.54) is 32.1 Å². The molecule has 1 saturated carbocycles. The van der Waals surface area contributed by atoms with Gasteiger partial charge in [-0.25, -0.2) is 0 Å². The van der Waals surface area contributed by atoms with Crippen molar-refractivity contribution in [3.63, 3.8) is 0 Å². The Labute approximate surface area is 63.1 Å². The van der Waals surface area contributed by atoms with Gasteiger partial charge in [-0.05, 0) is 25.2 Å². The van der Waals surface area contributed by atoms with Crippen LogP contribution in [-0.4, -0.2) is 6.04 Å². The molecule has 0 aromatic heterocycles. The summed E-state index contributed by atoms with van der Waals surface area (Å²) in [5.41, 5.74) is 2.86. The Bertz CT molecular complexity index is 93.3. The first kappa shape index (κ1) is 8.02. The van der Waals surface area contributed by atoms with E-state index in [-0.39, 0.29) is 0 Å². The second-order valence-electron chi connectivity index (χ2n) is 3.48. The quantitative estimate of drug-likeness (QED) is 0.330. The molecule has 0 bridgehead atoms. The van der Waals surface area contributed by atoms with Gasteiger partial charge in [-0.2, -0.15) is 0 Å². The molecule has 3 N–H and O–H groups in total. The fourth-order valence-corrected chi connectivity index (χ4v) is 1.65. The summed E-state index contributed by atoms with van der Waals surface area (Å²) in [5.74, 6) is 6.28. The van der Waals surface area contributed by atoms with Crippen LogP contribution in [0.4, 0.5) is 0 Å². The van der Waals surface area contributed by atoms with Crippen molar-refractivity contribution < 1.29 is 0 Å². The molecule has 2 unspecified atom stereocenters. The minimum Gasteiger partial charge on any atom is -0.271 e. The summed E-state index contributed by atoms with van der Waals surface area (Å²) >= 11 is 0. The van der Waals surface area contributed by atoms with Crippen LogP contribution in [0, 0.1) is 5.92 Å². The van der Waals surface area contributed by atoms with Crippen LogP contribution in [0.15, 0.2) is 0 Å². The molecule has 0 radical (unpaired) electrons. The van der Waals surface area contributed by atoms with Crippen molar-refractivity contribution in [2.24, 2.45) is 11.8 Å². The SMILES string of the molecule is CC1CCCC(NN)CC1. The molecule has 10 heavy (non-hydrogen) atoms. The first-order chi connectivity index (χ1) is 4.83. The zero-order valence-electron chi connectivity index (χ0n) is 6.77. The normalized spacial score (nSPS) is 35.4. The minimum atomic E-state index is 0.588. The van der Waals surface area contributed by atoms with E-state index < -0.39 is 0 Å². The lowest BCUT2D eigenvalue weighted by atomic mass is 10.0. The summed E-state index contributed by atoms with van der Waals surface area (Å²) < 4.78 is 0. The lowest BCUT2D eigenvalue weighted by molar-refractivity contribution is 0.457. The van der Waals surface area contributed by atoms with Gasteiger partial charge in [-0.15, -0.1) is 0 Å². The molecule has 1 fully saturated rings. The molecule has 0 heterocycles. The number of rotatable bonds is 1. The van der Waals surface area contributed by atoms with Gasteiger partial charge >= 0.3 is 0 Å².